The molecule has 5 heteroatoms. The van der Waals surface area contributed by atoms with Crippen LogP contribution in [0.15, 0.2) is 0 Å². The average Bonchev–Trinajstić information content (AvgIpc) is 2.84. The van der Waals surface area contributed by atoms with Crippen molar-refractivity contribution in [2.75, 3.05) is 32.8 Å². The van der Waals surface area contributed by atoms with Gasteiger partial charge in [-0.2, -0.15) is 0 Å². The van der Waals surface area contributed by atoms with Crippen LogP contribution in [0.1, 0.15) is 26.7 Å². The molecule has 1 amide bonds. The van der Waals surface area contributed by atoms with Crippen molar-refractivity contribution >= 4 is 5.91 Å². The molecule has 0 radical (unpaired) electrons. The predicted octanol–water partition coefficient (Wildman–Crippen LogP) is -0.0362. The Labute approximate surface area is 109 Å². The number of hydrogen-bond donors (Lipinski definition) is 2. The molecule has 0 spiro atoms. The van der Waals surface area contributed by atoms with Crippen LogP contribution in [-0.4, -0.2) is 61.8 Å². The number of rotatable bonds is 4. The van der Waals surface area contributed by atoms with Gasteiger partial charge in [0.1, 0.15) is 6.04 Å². The predicted molar refractivity (Wildman–Crippen MR) is 70.5 cm³/mol. The van der Waals surface area contributed by atoms with E-state index >= 15 is 0 Å². The minimum Gasteiger partial charge on any atom is -0.375 e. The van der Waals surface area contributed by atoms with Gasteiger partial charge in [0.25, 0.3) is 0 Å². The van der Waals surface area contributed by atoms with Crippen LogP contribution in [0.2, 0.25) is 0 Å². The summed E-state index contributed by atoms with van der Waals surface area (Å²) in [5.74, 6) is 0.0742. The van der Waals surface area contributed by atoms with Gasteiger partial charge >= 0.3 is 0 Å². The fourth-order valence-electron chi connectivity index (χ4n) is 2.90. The third-order valence-electron chi connectivity index (χ3n) is 4.02. The molecule has 5 nitrogen and oxygen atoms in total. The number of likely N-dealkylation sites (tertiary alicyclic amines) is 1. The standard InChI is InChI=1S/C13H25N3O2/c1-3-16-7-4-5-11(16)9-15-13(17)12-10(2)18-8-6-14-12/h10-12,14H,3-9H2,1-2H3,(H,15,17)/t10-,11?,12+/m1/s1. The Kier molecular flexibility index (Phi) is 4.97. The van der Waals surface area contributed by atoms with Crippen molar-refractivity contribution in [1.29, 1.82) is 0 Å². The summed E-state index contributed by atoms with van der Waals surface area (Å²) in [4.78, 5) is 14.5. The largest absolute Gasteiger partial charge is 0.375 e. The average molecular weight is 255 g/mol. The highest BCUT2D eigenvalue weighted by molar-refractivity contribution is 5.82. The molecule has 18 heavy (non-hydrogen) atoms. The molecular weight excluding hydrogens is 230 g/mol. The second kappa shape index (κ2) is 6.50. The monoisotopic (exact) mass is 255 g/mol. The highest BCUT2D eigenvalue weighted by Crippen LogP contribution is 2.15. The van der Waals surface area contributed by atoms with E-state index in [0.29, 0.717) is 12.6 Å². The number of morpholine rings is 1. The van der Waals surface area contributed by atoms with Crippen molar-refractivity contribution < 1.29 is 9.53 Å². The Balaban J connectivity index is 1.77. The van der Waals surface area contributed by atoms with Gasteiger partial charge in [-0.25, -0.2) is 0 Å². The van der Waals surface area contributed by atoms with E-state index in [2.05, 4.69) is 22.5 Å². The lowest BCUT2D eigenvalue weighted by molar-refractivity contribution is -0.129. The number of amides is 1. The summed E-state index contributed by atoms with van der Waals surface area (Å²) < 4.78 is 5.49. The van der Waals surface area contributed by atoms with E-state index in [4.69, 9.17) is 4.74 Å². The van der Waals surface area contributed by atoms with Crippen LogP contribution in [-0.2, 0) is 9.53 Å². The molecule has 1 unspecified atom stereocenters. The van der Waals surface area contributed by atoms with Gasteiger partial charge in [-0.1, -0.05) is 6.92 Å². The summed E-state index contributed by atoms with van der Waals surface area (Å²) in [7, 11) is 0. The van der Waals surface area contributed by atoms with Crippen molar-refractivity contribution in [2.24, 2.45) is 0 Å². The molecule has 2 aliphatic rings. The minimum absolute atomic E-state index is 0.0374. The summed E-state index contributed by atoms with van der Waals surface area (Å²) in [6.07, 6.45) is 2.40. The second-order valence-electron chi connectivity index (χ2n) is 5.18. The number of hydrogen-bond acceptors (Lipinski definition) is 4. The Hall–Kier alpha value is -0.650. The quantitative estimate of drug-likeness (QED) is 0.740. The van der Waals surface area contributed by atoms with Crippen molar-refractivity contribution in [3.8, 4) is 0 Å². The van der Waals surface area contributed by atoms with Gasteiger partial charge in [-0.3, -0.25) is 9.69 Å². The number of ether oxygens (including phenoxy) is 1. The van der Waals surface area contributed by atoms with Crippen molar-refractivity contribution in [3.63, 3.8) is 0 Å². The van der Waals surface area contributed by atoms with Gasteiger partial charge in [-0.15, -0.1) is 0 Å². The van der Waals surface area contributed by atoms with Crippen LogP contribution in [0.4, 0.5) is 0 Å². The molecule has 2 rings (SSSR count). The zero-order valence-corrected chi connectivity index (χ0v) is 11.4. The molecular formula is C13H25N3O2. The number of carbonyl (C=O) groups is 1. The van der Waals surface area contributed by atoms with E-state index in [1.165, 1.54) is 12.8 Å². The maximum absolute atomic E-state index is 12.1. The van der Waals surface area contributed by atoms with Gasteiger partial charge in [0.05, 0.1) is 12.7 Å². The van der Waals surface area contributed by atoms with Gasteiger partial charge < -0.3 is 15.4 Å². The zero-order chi connectivity index (χ0) is 13.0. The van der Waals surface area contributed by atoms with Gasteiger partial charge in [-0.05, 0) is 32.9 Å². The lowest BCUT2D eigenvalue weighted by Crippen LogP contribution is -2.56. The number of nitrogens with zero attached hydrogens (tertiary/aromatic N) is 1. The van der Waals surface area contributed by atoms with E-state index < -0.39 is 0 Å². The van der Waals surface area contributed by atoms with E-state index in [0.717, 1.165) is 26.2 Å². The first-order valence-corrected chi connectivity index (χ1v) is 7.09. The number of carbonyl (C=O) groups excluding carboxylic acids is 1. The van der Waals surface area contributed by atoms with E-state index in [1.54, 1.807) is 0 Å². The molecule has 0 saturated carbocycles. The third-order valence-corrected chi connectivity index (χ3v) is 4.02. The third kappa shape index (κ3) is 3.22. The lowest BCUT2D eigenvalue weighted by atomic mass is 10.1. The fraction of sp³-hybridized carbons (Fsp3) is 0.923. The van der Waals surface area contributed by atoms with Gasteiger partial charge in [0.15, 0.2) is 0 Å². The van der Waals surface area contributed by atoms with Gasteiger partial charge in [0, 0.05) is 19.1 Å². The van der Waals surface area contributed by atoms with Crippen LogP contribution in [0.25, 0.3) is 0 Å². The molecule has 3 atom stereocenters. The Morgan fingerprint density at radius 2 is 2.39 bits per heavy atom. The molecule has 2 fully saturated rings. The molecule has 104 valence electrons. The zero-order valence-electron chi connectivity index (χ0n) is 11.4. The second-order valence-corrected chi connectivity index (χ2v) is 5.18. The molecule has 0 bridgehead atoms. The normalized spacial score (nSPS) is 33.6. The van der Waals surface area contributed by atoms with Crippen molar-refractivity contribution in [2.45, 2.75) is 44.9 Å². The number of likely N-dealkylation sites (N-methyl/N-ethyl adjacent to an activating group) is 1. The summed E-state index contributed by atoms with van der Waals surface area (Å²) in [6.45, 7) is 8.57. The van der Waals surface area contributed by atoms with Crippen molar-refractivity contribution in [1.82, 2.24) is 15.5 Å². The lowest BCUT2D eigenvalue weighted by Gasteiger charge is -2.30. The SMILES string of the molecule is CCN1CCCC1CNC(=O)[C@H]1NCCO[C@@H]1C. The minimum atomic E-state index is -0.199. The van der Waals surface area contributed by atoms with Crippen molar-refractivity contribution in [3.05, 3.63) is 0 Å². The van der Waals surface area contributed by atoms with Crippen LogP contribution in [0.5, 0.6) is 0 Å². The molecule has 0 aromatic rings. The molecule has 0 aromatic carbocycles. The first-order chi connectivity index (χ1) is 8.72. The van der Waals surface area contributed by atoms with Crippen LogP contribution < -0.4 is 10.6 Å². The molecule has 0 aromatic heterocycles. The first-order valence-electron chi connectivity index (χ1n) is 7.09. The summed E-state index contributed by atoms with van der Waals surface area (Å²) >= 11 is 0. The Bertz CT molecular complexity index is 285. The molecule has 2 aliphatic heterocycles. The maximum atomic E-state index is 12.1. The van der Waals surface area contributed by atoms with E-state index in [-0.39, 0.29) is 18.1 Å². The van der Waals surface area contributed by atoms with Gasteiger partial charge in [0.2, 0.25) is 5.91 Å². The highest BCUT2D eigenvalue weighted by atomic mass is 16.5. The van der Waals surface area contributed by atoms with E-state index in [1.807, 2.05) is 6.92 Å². The summed E-state index contributed by atoms with van der Waals surface area (Å²) in [5, 5.41) is 6.28. The fourth-order valence-corrected chi connectivity index (χ4v) is 2.90. The van der Waals surface area contributed by atoms with E-state index in [9.17, 15) is 4.79 Å². The maximum Gasteiger partial charge on any atom is 0.239 e. The van der Waals surface area contributed by atoms with Crippen LogP contribution in [0.3, 0.4) is 0 Å². The molecule has 2 saturated heterocycles. The highest BCUT2D eigenvalue weighted by Gasteiger charge is 2.29. The summed E-state index contributed by atoms with van der Waals surface area (Å²) in [6, 6.07) is 0.314. The van der Waals surface area contributed by atoms with Crippen LogP contribution in [0, 0.1) is 0 Å². The Morgan fingerprint density at radius 1 is 1.56 bits per heavy atom. The molecule has 2 heterocycles. The smallest absolute Gasteiger partial charge is 0.239 e. The Morgan fingerprint density at radius 3 is 3.11 bits per heavy atom. The molecule has 0 aliphatic carbocycles. The first kappa shape index (κ1) is 13.8. The summed E-state index contributed by atoms with van der Waals surface area (Å²) in [5.41, 5.74) is 0. The number of nitrogens with one attached hydrogen (secondary N) is 2. The topological polar surface area (TPSA) is 53.6 Å². The molecule has 2 N–H and O–H groups in total. The van der Waals surface area contributed by atoms with Crippen LogP contribution >= 0.6 is 0 Å².